The highest BCUT2D eigenvalue weighted by Crippen LogP contribution is 2.35. The van der Waals surface area contributed by atoms with Crippen LogP contribution in [0.15, 0.2) is 0 Å². The second kappa shape index (κ2) is 6.89. The van der Waals surface area contributed by atoms with Gasteiger partial charge in [-0.15, -0.1) is 0 Å². The highest BCUT2D eigenvalue weighted by Gasteiger charge is 2.33. The van der Waals surface area contributed by atoms with E-state index in [1.165, 1.54) is 0 Å². The van der Waals surface area contributed by atoms with Crippen molar-refractivity contribution in [1.82, 2.24) is 0 Å². The minimum atomic E-state index is -1.16. The summed E-state index contributed by atoms with van der Waals surface area (Å²) in [6.07, 6.45) is 3.68. The van der Waals surface area contributed by atoms with Gasteiger partial charge in [0.2, 0.25) is 0 Å². The molecular formula is C10H19Cl2F. The Kier molecular flexibility index (Phi) is 7.16. The van der Waals surface area contributed by atoms with Crippen molar-refractivity contribution in [1.29, 1.82) is 0 Å². The number of hydrogen-bond acceptors (Lipinski definition) is 0. The molecule has 1 atom stereocenters. The second-order valence-corrected chi connectivity index (χ2v) is 5.02. The van der Waals surface area contributed by atoms with Gasteiger partial charge in [0, 0.05) is 0 Å². The summed E-state index contributed by atoms with van der Waals surface area (Å²) in [5.41, 5.74) is 0. The predicted molar refractivity (Wildman–Crippen MR) is 58.4 cm³/mol. The van der Waals surface area contributed by atoms with Gasteiger partial charge in [0.1, 0.15) is 10.5 Å². The molecule has 0 aliphatic carbocycles. The standard InChI is InChI=1S/C10H19Cl2F/c1-3-5-7-9(13)10(11,12)8-6-4-2/h9H,3-8H2,1-2H3. The molecular weight excluding hydrogens is 210 g/mol. The first-order chi connectivity index (χ1) is 6.04. The van der Waals surface area contributed by atoms with Crippen molar-refractivity contribution in [2.45, 2.75) is 62.9 Å². The van der Waals surface area contributed by atoms with Crippen molar-refractivity contribution >= 4 is 23.2 Å². The molecule has 0 aromatic carbocycles. The van der Waals surface area contributed by atoms with Gasteiger partial charge in [0.25, 0.3) is 0 Å². The van der Waals surface area contributed by atoms with Crippen LogP contribution < -0.4 is 0 Å². The summed E-state index contributed by atoms with van der Waals surface area (Å²) in [6.45, 7) is 4.08. The zero-order valence-electron chi connectivity index (χ0n) is 8.45. The molecule has 0 nitrogen and oxygen atoms in total. The lowest BCUT2D eigenvalue weighted by Gasteiger charge is -2.23. The lowest BCUT2D eigenvalue weighted by atomic mass is 10.1. The summed E-state index contributed by atoms with van der Waals surface area (Å²) in [5.74, 6) is 0. The van der Waals surface area contributed by atoms with Crippen LogP contribution in [0.2, 0.25) is 0 Å². The third-order valence-corrected chi connectivity index (χ3v) is 2.98. The van der Waals surface area contributed by atoms with Crippen LogP contribution in [-0.4, -0.2) is 10.5 Å². The van der Waals surface area contributed by atoms with Crippen molar-refractivity contribution in [3.05, 3.63) is 0 Å². The van der Waals surface area contributed by atoms with Gasteiger partial charge in [-0.1, -0.05) is 62.7 Å². The average molecular weight is 229 g/mol. The summed E-state index contributed by atoms with van der Waals surface area (Å²) in [5, 5.41) is 0. The molecule has 0 spiro atoms. The van der Waals surface area contributed by atoms with Gasteiger partial charge in [-0.05, 0) is 12.8 Å². The molecule has 13 heavy (non-hydrogen) atoms. The maximum atomic E-state index is 13.4. The Labute approximate surface area is 90.8 Å². The Morgan fingerprint density at radius 2 is 1.69 bits per heavy atom. The average Bonchev–Trinajstić information content (AvgIpc) is 2.10. The van der Waals surface area contributed by atoms with E-state index < -0.39 is 10.5 Å². The van der Waals surface area contributed by atoms with E-state index in [2.05, 4.69) is 0 Å². The van der Waals surface area contributed by atoms with Crippen LogP contribution in [0.3, 0.4) is 0 Å². The van der Waals surface area contributed by atoms with E-state index in [1.807, 2.05) is 13.8 Å². The molecule has 0 amide bonds. The largest absolute Gasteiger partial charge is 0.244 e. The quantitative estimate of drug-likeness (QED) is 0.546. The summed E-state index contributed by atoms with van der Waals surface area (Å²) in [6, 6.07) is 0. The molecule has 0 aliphatic heterocycles. The zero-order valence-corrected chi connectivity index (χ0v) is 9.97. The van der Waals surface area contributed by atoms with E-state index in [9.17, 15) is 4.39 Å². The van der Waals surface area contributed by atoms with Gasteiger partial charge in [-0.2, -0.15) is 0 Å². The normalized spacial score (nSPS) is 14.5. The molecule has 0 N–H and O–H groups in total. The molecule has 1 unspecified atom stereocenters. The molecule has 0 aliphatic rings. The van der Waals surface area contributed by atoms with Crippen LogP contribution in [0.25, 0.3) is 0 Å². The monoisotopic (exact) mass is 228 g/mol. The summed E-state index contributed by atoms with van der Waals surface area (Å²) in [7, 11) is 0. The molecule has 3 heteroatoms. The van der Waals surface area contributed by atoms with Gasteiger partial charge >= 0.3 is 0 Å². The van der Waals surface area contributed by atoms with Crippen LogP contribution >= 0.6 is 23.2 Å². The van der Waals surface area contributed by atoms with Crippen LogP contribution in [-0.2, 0) is 0 Å². The number of alkyl halides is 3. The third kappa shape index (κ3) is 5.74. The molecule has 0 aromatic rings. The maximum absolute atomic E-state index is 13.4. The van der Waals surface area contributed by atoms with Gasteiger partial charge in [-0.3, -0.25) is 0 Å². The van der Waals surface area contributed by atoms with E-state index in [0.717, 1.165) is 25.7 Å². The van der Waals surface area contributed by atoms with E-state index in [4.69, 9.17) is 23.2 Å². The number of halogens is 3. The van der Waals surface area contributed by atoms with Gasteiger partial charge < -0.3 is 0 Å². The lowest BCUT2D eigenvalue weighted by molar-refractivity contribution is 0.267. The van der Waals surface area contributed by atoms with Gasteiger partial charge in [0.05, 0.1) is 0 Å². The van der Waals surface area contributed by atoms with Crippen LogP contribution in [0, 0.1) is 0 Å². The fourth-order valence-electron chi connectivity index (χ4n) is 1.16. The number of unbranched alkanes of at least 4 members (excludes halogenated alkanes) is 2. The molecule has 0 heterocycles. The molecule has 0 radical (unpaired) electrons. The Bertz CT molecular complexity index is 126. The highest BCUT2D eigenvalue weighted by atomic mass is 35.5. The Morgan fingerprint density at radius 3 is 2.15 bits per heavy atom. The first-order valence-electron chi connectivity index (χ1n) is 5.06. The van der Waals surface area contributed by atoms with Gasteiger partial charge in [-0.25, -0.2) is 4.39 Å². The minimum absolute atomic E-state index is 0.479. The molecule has 0 saturated heterocycles. The Balaban J connectivity index is 3.80. The van der Waals surface area contributed by atoms with Crippen molar-refractivity contribution in [3.8, 4) is 0 Å². The topological polar surface area (TPSA) is 0 Å². The Hall–Kier alpha value is 0.510. The fraction of sp³-hybridized carbons (Fsp3) is 1.00. The number of hydrogen-bond donors (Lipinski definition) is 0. The SMILES string of the molecule is CCCCC(F)C(Cl)(Cl)CCCC. The maximum Gasteiger partial charge on any atom is 0.149 e. The molecule has 0 aromatic heterocycles. The highest BCUT2D eigenvalue weighted by molar-refractivity contribution is 6.48. The van der Waals surface area contributed by atoms with Crippen LogP contribution in [0.1, 0.15) is 52.4 Å². The third-order valence-electron chi connectivity index (χ3n) is 2.13. The summed E-state index contributed by atoms with van der Waals surface area (Å²) >= 11 is 11.8. The van der Waals surface area contributed by atoms with Crippen molar-refractivity contribution < 1.29 is 4.39 Å². The first kappa shape index (κ1) is 13.5. The second-order valence-electron chi connectivity index (χ2n) is 3.47. The first-order valence-corrected chi connectivity index (χ1v) is 5.82. The smallest absolute Gasteiger partial charge is 0.149 e. The number of rotatable bonds is 7. The minimum Gasteiger partial charge on any atom is -0.244 e. The van der Waals surface area contributed by atoms with E-state index in [-0.39, 0.29) is 0 Å². The summed E-state index contributed by atoms with van der Waals surface area (Å²) < 4.78 is 12.3. The van der Waals surface area contributed by atoms with Crippen molar-refractivity contribution in [2.24, 2.45) is 0 Å². The van der Waals surface area contributed by atoms with Crippen LogP contribution in [0.5, 0.6) is 0 Å². The van der Waals surface area contributed by atoms with E-state index in [0.29, 0.717) is 12.8 Å². The van der Waals surface area contributed by atoms with Gasteiger partial charge in [0.15, 0.2) is 0 Å². The molecule has 0 bridgehead atoms. The van der Waals surface area contributed by atoms with Crippen molar-refractivity contribution in [2.75, 3.05) is 0 Å². The zero-order chi connectivity index (χ0) is 10.3. The van der Waals surface area contributed by atoms with E-state index in [1.54, 1.807) is 0 Å². The van der Waals surface area contributed by atoms with Crippen LogP contribution in [0.4, 0.5) is 4.39 Å². The lowest BCUT2D eigenvalue weighted by Crippen LogP contribution is -2.27. The molecule has 0 rings (SSSR count). The Morgan fingerprint density at radius 1 is 1.15 bits per heavy atom. The predicted octanol–water partition coefficient (Wildman–Crippen LogP) is 4.88. The molecule has 80 valence electrons. The molecule has 0 saturated carbocycles. The molecule has 0 fully saturated rings. The van der Waals surface area contributed by atoms with Crippen molar-refractivity contribution in [3.63, 3.8) is 0 Å². The summed E-state index contributed by atoms with van der Waals surface area (Å²) in [4.78, 5) is 0. The van der Waals surface area contributed by atoms with E-state index >= 15 is 0 Å². The fourth-order valence-corrected chi connectivity index (χ4v) is 1.65.